The van der Waals surface area contributed by atoms with Crippen molar-refractivity contribution in [1.29, 1.82) is 0 Å². The van der Waals surface area contributed by atoms with Crippen molar-refractivity contribution >= 4 is 43.2 Å². The largest absolute Gasteiger partial charge is 0.497 e. The van der Waals surface area contributed by atoms with E-state index >= 15 is 0 Å². The number of aliphatic hydroxyl groups is 1. The Labute approximate surface area is 257 Å². The van der Waals surface area contributed by atoms with Crippen molar-refractivity contribution in [3.63, 3.8) is 0 Å². The lowest BCUT2D eigenvalue weighted by molar-refractivity contribution is 0.0389. The monoisotopic (exact) mass is 651 g/mol. The number of anilines is 1. The highest BCUT2D eigenvalue weighted by Gasteiger charge is 2.36. The molecule has 0 saturated heterocycles. The van der Waals surface area contributed by atoms with Gasteiger partial charge in [-0.3, -0.25) is 9.52 Å². The lowest BCUT2D eigenvalue weighted by Crippen LogP contribution is -2.50. The normalized spacial score (nSPS) is 18.3. The van der Waals surface area contributed by atoms with Gasteiger partial charge in [-0.15, -0.1) is 0 Å². The van der Waals surface area contributed by atoms with Crippen LogP contribution in [0.1, 0.15) is 24.2 Å². The van der Waals surface area contributed by atoms with E-state index in [4.69, 9.17) is 21.1 Å². The Morgan fingerprint density at radius 3 is 2.30 bits per heavy atom. The topological polar surface area (TPSA) is 143 Å². The standard InChI is InChI=1S/C29H34ClN3O8S2/c1-19-16-33(20(2)18-34)29(35)25-6-5-7-26(31-42(36,37)23-14-10-22(40-4)11-15-23)28(25)41-27(19)17-32(3)43(38,39)24-12-8-21(30)9-13-24/h5-15,19-20,27,31,34H,16-18H2,1-4H3/t19-,20-,27-/m1/s1. The van der Waals surface area contributed by atoms with E-state index in [0.29, 0.717) is 10.8 Å². The minimum absolute atomic E-state index is 0.000538. The molecule has 1 aliphatic rings. The molecule has 0 aromatic heterocycles. The molecule has 14 heteroatoms. The minimum atomic E-state index is -4.13. The molecule has 2 N–H and O–H groups in total. The van der Waals surface area contributed by atoms with E-state index in [9.17, 15) is 26.7 Å². The molecule has 232 valence electrons. The van der Waals surface area contributed by atoms with Crippen LogP contribution in [0.25, 0.3) is 0 Å². The number of benzene rings is 3. The van der Waals surface area contributed by atoms with Gasteiger partial charge in [0.05, 0.1) is 47.3 Å². The molecule has 0 saturated carbocycles. The predicted octanol–water partition coefficient (Wildman–Crippen LogP) is 3.69. The number of halogens is 1. The summed E-state index contributed by atoms with van der Waals surface area (Å²) in [6.45, 7) is 3.21. The van der Waals surface area contributed by atoms with Crippen LogP contribution in [0.3, 0.4) is 0 Å². The Hall–Kier alpha value is -3.36. The SMILES string of the molecule is COc1ccc(S(=O)(=O)Nc2cccc3c2O[C@H](CN(C)S(=O)(=O)c2ccc(Cl)cc2)[C@H](C)CN([C@H](C)CO)C3=O)cc1. The van der Waals surface area contributed by atoms with Gasteiger partial charge >= 0.3 is 0 Å². The number of hydrogen-bond donors (Lipinski definition) is 2. The number of ether oxygens (including phenoxy) is 2. The highest BCUT2D eigenvalue weighted by atomic mass is 35.5. The van der Waals surface area contributed by atoms with E-state index in [1.807, 2.05) is 0 Å². The zero-order valence-electron chi connectivity index (χ0n) is 24.1. The summed E-state index contributed by atoms with van der Waals surface area (Å²) >= 11 is 5.94. The Morgan fingerprint density at radius 1 is 1.07 bits per heavy atom. The van der Waals surface area contributed by atoms with Crippen LogP contribution >= 0.6 is 11.6 Å². The third-order valence-electron chi connectivity index (χ3n) is 7.26. The van der Waals surface area contributed by atoms with E-state index in [-0.39, 0.29) is 46.5 Å². The lowest BCUT2D eigenvalue weighted by Gasteiger charge is -2.38. The molecule has 0 spiro atoms. The average Bonchev–Trinajstić information content (AvgIpc) is 2.98. The molecule has 1 heterocycles. The Morgan fingerprint density at radius 2 is 1.70 bits per heavy atom. The number of carbonyl (C=O) groups is 1. The molecule has 1 amide bonds. The highest BCUT2D eigenvalue weighted by molar-refractivity contribution is 7.92. The third-order valence-corrected chi connectivity index (χ3v) is 10.7. The molecular weight excluding hydrogens is 618 g/mol. The van der Waals surface area contributed by atoms with Crippen molar-refractivity contribution in [3.05, 3.63) is 77.3 Å². The van der Waals surface area contributed by atoms with Crippen LogP contribution in [0.5, 0.6) is 11.5 Å². The molecule has 1 aliphatic heterocycles. The van der Waals surface area contributed by atoms with E-state index in [0.717, 1.165) is 4.31 Å². The van der Waals surface area contributed by atoms with Crippen LogP contribution in [-0.2, 0) is 20.0 Å². The summed E-state index contributed by atoms with van der Waals surface area (Å²) in [6, 6.07) is 15.5. The third kappa shape index (κ3) is 7.07. The Bertz CT molecular complexity index is 1670. The Balaban J connectivity index is 1.75. The van der Waals surface area contributed by atoms with E-state index in [1.54, 1.807) is 13.8 Å². The van der Waals surface area contributed by atoms with Gasteiger partial charge in [-0.2, -0.15) is 4.31 Å². The van der Waals surface area contributed by atoms with Crippen LogP contribution in [0, 0.1) is 5.92 Å². The summed E-state index contributed by atoms with van der Waals surface area (Å²) in [7, 11) is -5.20. The number of para-hydroxylation sites is 1. The molecule has 3 aromatic carbocycles. The summed E-state index contributed by atoms with van der Waals surface area (Å²) in [6.07, 6.45) is -0.820. The first-order valence-electron chi connectivity index (χ1n) is 13.4. The first kappa shape index (κ1) is 32.6. The predicted molar refractivity (Wildman–Crippen MR) is 163 cm³/mol. The number of carbonyl (C=O) groups excluding carboxylic acids is 1. The molecule has 0 radical (unpaired) electrons. The van der Waals surface area contributed by atoms with Crippen LogP contribution in [0.15, 0.2) is 76.5 Å². The summed E-state index contributed by atoms with van der Waals surface area (Å²) in [5.41, 5.74) is 0.0657. The van der Waals surface area contributed by atoms with E-state index in [2.05, 4.69) is 4.72 Å². The summed E-state index contributed by atoms with van der Waals surface area (Å²) < 4.78 is 68.6. The molecule has 11 nitrogen and oxygen atoms in total. The minimum Gasteiger partial charge on any atom is -0.497 e. The molecule has 0 aliphatic carbocycles. The molecule has 4 rings (SSSR count). The van der Waals surface area contributed by atoms with Crippen LogP contribution in [0.2, 0.25) is 5.02 Å². The summed E-state index contributed by atoms with van der Waals surface area (Å²) in [5.74, 6) is -0.464. The number of sulfonamides is 2. The molecule has 43 heavy (non-hydrogen) atoms. The van der Waals surface area contributed by atoms with Crippen molar-refractivity contribution < 1.29 is 36.2 Å². The first-order chi connectivity index (χ1) is 20.3. The zero-order chi connectivity index (χ0) is 31.5. The molecule has 0 fully saturated rings. The lowest BCUT2D eigenvalue weighted by atomic mass is 9.99. The maximum Gasteiger partial charge on any atom is 0.262 e. The maximum atomic E-state index is 13.7. The molecule has 0 bridgehead atoms. The van der Waals surface area contributed by atoms with Gasteiger partial charge in [-0.1, -0.05) is 24.6 Å². The fourth-order valence-electron chi connectivity index (χ4n) is 4.64. The number of rotatable bonds is 10. The number of aliphatic hydroxyl groups excluding tert-OH is 1. The van der Waals surface area contributed by atoms with Gasteiger partial charge < -0.3 is 19.5 Å². The second-order valence-electron chi connectivity index (χ2n) is 10.3. The average molecular weight is 652 g/mol. The number of methoxy groups -OCH3 is 1. The fourth-order valence-corrected chi connectivity index (χ4v) is 7.01. The summed E-state index contributed by atoms with van der Waals surface area (Å²) in [4.78, 5) is 15.2. The Kier molecular flexibility index (Phi) is 9.92. The number of amides is 1. The van der Waals surface area contributed by atoms with Crippen LogP contribution in [0.4, 0.5) is 5.69 Å². The molecule has 0 unspecified atom stereocenters. The number of fused-ring (bicyclic) bond motifs is 1. The number of nitrogens with one attached hydrogen (secondary N) is 1. The first-order valence-corrected chi connectivity index (χ1v) is 16.7. The number of nitrogens with zero attached hydrogens (tertiary/aromatic N) is 2. The number of likely N-dealkylation sites (N-methyl/N-ethyl adjacent to an activating group) is 1. The molecule has 3 atom stereocenters. The van der Waals surface area contributed by atoms with Crippen LogP contribution in [-0.4, -0.2) is 83.1 Å². The summed E-state index contributed by atoms with van der Waals surface area (Å²) in [5, 5.41) is 10.3. The molecular formula is C29H34ClN3O8S2. The van der Waals surface area contributed by atoms with Crippen molar-refractivity contribution in [1.82, 2.24) is 9.21 Å². The van der Waals surface area contributed by atoms with Gasteiger partial charge in [-0.05, 0) is 67.6 Å². The van der Waals surface area contributed by atoms with Crippen molar-refractivity contribution in [3.8, 4) is 11.5 Å². The van der Waals surface area contributed by atoms with Crippen LogP contribution < -0.4 is 14.2 Å². The second kappa shape index (κ2) is 13.1. The van der Waals surface area contributed by atoms with Gasteiger partial charge in [-0.25, -0.2) is 16.8 Å². The zero-order valence-corrected chi connectivity index (χ0v) is 26.5. The maximum absolute atomic E-state index is 13.7. The van der Waals surface area contributed by atoms with Gasteiger partial charge in [0, 0.05) is 24.5 Å². The highest BCUT2D eigenvalue weighted by Crippen LogP contribution is 2.36. The fraction of sp³-hybridized carbons (Fsp3) is 0.345. The van der Waals surface area contributed by atoms with Crippen molar-refractivity contribution in [2.45, 2.75) is 35.8 Å². The quantitative estimate of drug-likeness (QED) is 0.338. The number of hydrogen-bond acceptors (Lipinski definition) is 8. The van der Waals surface area contributed by atoms with Gasteiger partial charge in [0.2, 0.25) is 10.0 Å². The van der Waals surface area contributed by atoms with Crippen molar-refractivity contribution in [2.24, 2.45) is 5.92 Å². The van der Waals surface area contributed by atoms with E-state index in [1.165, 1.54) is 85.8 Å². The smallest absolute Gasteiger partial charge is 0.262 e. The second-order valence-corrected chi connectivity index (χ2v) is 14.5. The molecule has 3 aromatic rings. The van der Waals surface area contributed by atoms with Gasteiger partial charge in [0.1, 0.15) is 11.9 Å². The van der Waals surface area contributed by atoms with E-state index < -0.39 is 44.0 Å². The van der Waals surface area contributed by atoms with Gasteiger partial charge in [0.15, 0.2) is 5.75 Å². The van der Waals surface area contributed by atoms with Gasteiger partial charge in [0.25, 0.3) is 15.9 Å². The van der Waals surface area contributed by atoms with Crippen molar-refractivity contribution in [2.75, 3.05) is 38.6 Å².